The Balaban J connectivity index is 0.000000254. The van der Waals surface area contributed by atoms with Crippen molar-refractivity contribution >= 4 is 17.1 Å². The van der Waals surface area contributed by atoms with Crippen molar-refractivity contribution in [1.82, 2.24) is 29.7 Å². The Kier molecular flexibility index (Phi) is 8.14. The van der Waals surface area contributed by atoms with Crippen molar-refractivity contribution in [1.29, 1.82) is 0 Å². The molecule has 0 atom stereocenters. The SMILES string of the molecule is CC.Cc1nc2nc(N3CCOCC3)nc(-c3ccc(F)cc3F)c2nc1C.c1cnn(C2CC2)c1. The Labute approximate surface area is 209 Å². The van der Waals surface area contributed by atoms with E-state index in [2.05, 4.69) is 25.0 Å². The van der Waals surface area contributed by atoms with E-state index in [1.54, 1.807) is 0 Å². The number of nitrogens with zero attached hydrogens (tertiary/aromatic N) is 7. The maximum atomic E-state index is 14.4. The average Bonchev–Trinajstić information content (AvgIpc) is 3.60. The Bertz CT molecular complexity index is 1300. The predicted molar refractivity (Wildman–Crippen MR) is 135 cm³/mol. The minimum atomic E-state index is -0.696. The molecule has 0 amide bonds. The molecule has 0 unspecified atom stereocenters. The van der Waals surface area contributed by atoms with Gasteiger partial charge in [0.15, 0.2) is 5.65 Å². The second-order valence-electron chi connectivity index (χ2n) is 8.38. The van der Waals surface area contributed by atoms with Gasteiger partial charge in [-0.1, -0.05) is 13.8 Å². The third-order valence-corrected chi connectivity index (χ3v) is 5.86. The normalized spacial score (nSPS) is 15.1. The van der Waals surface area contributed by atoms with Crippen LogP contribution in [-0.2, 0) is 4.74 Å². The summed E-state index contributed by atoms with van der Waals surface area (Å²) in [6.45, 7) is 10.1. The van der Waals surface area contributed by atoms with Gasteiger partial charge in [-0.05, 0) is 44.9 Å². The zero-order chi connectivity index (χ0) is 25.7. The van der Waals surface area contributed by atoms with E-state index in [9.17, 15) is 8.78 Å². The first kappa shape index (κ1) is 25.6. The van der Waals surface area contributed by atoms with Crippen molar-refractivity contribution in [2.24, 2.45) is 0 Å². The van der Waals surface area contributed by atoms with Crippen LogP contribution in [0.4, 0.5) is 14.7 Å². The van der Waals surface area contributed by atoms with Crippen LogP contribution >= 0.6 is 0 Å². The lowest BCUT2D eigenvalue weighted by atomic mass is 10.1. The molecule has 1 saturated carbocycles. The maximum absolute atomic E-state index is 14.4. The van der Waals surface area contributed by atoms with Crippen LogP contribution in [-0.4, -0.2) is 56.0 Å². The van der Waals surface area contributed by atoms with E-state index >= 15 is 0 Å². The fraction of sp³-hybridized carbons (Fsp3) is 0.423. The molecule has 0 spiro atoms. The van der Waals surface area contributed by atoms with Gasteiger partial charge in [-0.15, -0.1) is 0 Å². The fourth-order valence-electron chi connectivity index (χ4n) is 3.71. The Morgan fingerprint density at radius 1 is 0.944 bits per heavy atom. The molecule has 0 N–H and O–H groups in total. The Morgan fingerprint density at radius 2 is 1.67 bits per heavy atom. The van der Waals surface area contributed by atoms with Crippen LogP contribution in [0.3, 0.4) is 0 Å². The summed E-state index contributed by atoms with van der Waals surface area (Å²) >= 11 is 0. The molecule has 4 heterocycles. The Morgan fingerprint density at radius 3 is 2.31 bits per heavy atom. The van der Waals surface area contributed by atoms with Gasteiger partial charge in [0.05, 0.1) is 30.6 Å². The lowest BCUT2D eigenvalue weighted by Gasteiger charge is -2.27. The predicted octanol–water partition coefficient (Wildman–Crippen LogP) is 5.06. The van der Waals surface area contributed by atoms with Gasteiger partial charge in [0, 0.05) is 37.1 Å². The van der Waals surface area contributed by atoms with Crippen molar-refractivity contribution in [3.05, 3.63) is 59.7 Å². The van der Waals surface area contributed by atoms with Gasteiger partial charge in [0.25, 0.3) is 0 Å². The molecule has 10 heteroatoms. The lowest BCUT2D eigenvalue weighted by Crippen LogP contribution is -2.37. The first-order chi connectivity index (χ1) is 17.5. The van der Waals surface area contributed by atoms with Crippen molar-refractivity contribution in [2.75, 3.05) is 31.2 Å². The molecule has 190 valence electrons. The molecule has 8 nitrogen and oxygen atoms in total. The van der Waals surface area contributed by atoms with E-state index in [0.29, 0.717) is 54.8 Å². The van der Waals surface area contributed by atoms with Crippen molar-refractivity contribution < 1.29 is 13.5 Å². The molecule has 3 aromatic heterocycles. The molecular weight excluding hydrogens is 464 g/mol. The van der Waals surface area contributed by atoms with Crippen LogP contribution in [0.1, 0.15) is 44.1 Å². The third kappa shape index (κ3) is 5.81. The van der Waals surface area contributed by atoms with Gasteiger partial charge in [-0.25, -0.2) is 23.7 Å². The average molecular weight is 496 g/mol. The molecule has 1 aliphatic carbocycles. The van der Waals surface area contributed by atoms with Crippen LogP contribution in [0, 0.1) is 25.5 Å². The van der Waals surface area contributed by atoms with E-state index in [1.165, 1.54) is 25.0 Å². The number of halogens is 2. The van der Waals surface area contributed by atoms with Crippen molar-refractivity contribution in [3.8, 4) is 11.3 Å². The number of hydrogen-bond acceptors (Lipinski definition) is 7. The van der Waals surface area contributed by atoms with E-state index in [1.807, 2.05) is 55.7 Å². The summed E-state index contributed by atoms with van der Waals surface area (Å²) in [5.41, 5.74) is 2.73. The number of hydrogen-bond donors (Lipinski definition) is 0. The number of ether oxygens (including phenoxy) is 1. The summed E-state index contributed by atoms with van der Waals surface area (Å²) in [5.74, 6) is -0.897. The highest BCUT2D eigenvalue weighted by Gasteiger charge is 2.23. The fourth-order valence-corrected chi connectivity index (χ4v) is 3.71. The number of fused-ring (bicyclic) bond motifs is 1. The minimum absolute atomic E-state index is 0.172. The Hall–Kier alpha value is -3.53. The molecular formula is C26H31F2N7O. The number of aryl methyl sites for hydroxylation is 2. The summed E-state index contributed by atoms with van der Waals surface area (Å²) in [5, 5.41) is 4.09. The van der Waals surface area contributed by atoms with Gasteiger partial charge >= 0.3 is 0 Å². The molecule has 2 aliphatic rings. The highest BCUT2D eigenvalue weighted by molar-refractivity contribution is 5.88. The third-order valence-electron chi connectivity index (χ3n) is 5.86. The number of aromatic nitrogens is 6. The summed E-state index contributed by atoms with van der Waals surface area (Å²) in [7, 11) is 0. The number of benzene rings is 1. The van der Waals surface area contributed by atoms with E-state index in [0.717, 1.165) is 17.8 Å². The van der Waals surface area contributed by atoms with Crippen molar-refractivity contribution in [2.45, 2.75) is 46.6 Å². The molecule has 0 radical (unpaired) electrons. The highest BCUT2D eigenvalue weighted by atomic mass is 19.1. The smallest absolute Gasteiger partial charge is 0.228 e. The molecule has 2 fully saturated rings. The number of rotatable bonds is 3. The highest BCUT2D eigenvalue weighted by Crippen LogP contribution is 2.33. The second kappa shape index (κ2) is 11.5. The number of morpholine rings is 1. The maximum Gasteiger partial charge on any atom is 0.228 e. The van der Waals surface area contributed by atoms with Crippen LogP contribution < -0.4 is 4.90 Å². The molecule has 36 heavy (non-hydrogen) atoms. The molecule has 0 bridgehead atoms. The van der Waals surface area contributed by atoms with Crippen LogP contribution in [0.5, 0.6) is 0 Å². The lowest BCUT2D eigenvalue weighted by molar-refractivity contribution is 0.122. The largest absolute Gasteiger partial charge is 0.378 e. The zero-order valence-corrected chi connectivity index (χ0v) is 21.1. The first-order valence-corrected chi connectivity index (χ1v) is 12.3. The standard InChI is InChI=1S/C18H17F2N5O.C6H8N2.C2H6/c1-10-11(2)22-17-16(21-10)15(13-4-3-12(19)9-14(13)20)23-18(24-17)25-5-7-26-8-6-25;1-4-7-8(5-1)6-2-3-6;1-2/h3-4,9H,5-8H2,1-2H3;1,4-6H,2-3H2;1-2H3. The van der Waals surface area contributed by atoms with Crippen LogP contribution in [0.2, 0.25) is 0 Å². The monoisotopic (exact) mass is 495 g/mol. The summed E-state index contributed by atoms with van der Waals surface area (Å²) < 4.78 is 35.2. The minimum Gasteiger partial charge on any atom is -0.378 e. The van der Waals surface area contributed by atoms with Gasteiger partial charge < -0.3 is 9.64 Å². The van der Waals surface area contributed by atoms with Crippen LogP contribution in [0.15, 0.2) is 36.7 Å². The van der Waals surface area contributed by atoms with Gasteiger partial charge in [-0.2, -0.15) is 10.1 Å². The molecule has 4 aromatic rings. The van der Waals surface area contributed by atoms with Gasteiger partial charge in [-0.3, -0.25) is 4.68 Å². The topological polar surface area (TPSA) is 81.8 Å². The molecule has 1 saturated heterocycles. The van der Waals surface area contributed by atoms with Crippen molar-refractivity contribution in [3.63, 3.8) is 0 Å². The van der Waals surface area contributed by atoms with E-state index < -0.39 is 11.6 Å². The summed E-state index contributed by atoms with van der Waals surface area (Å²) in [6.07, 6.45) is 6.50. The van der Waals surface area contributed by atoms with E-state index in [4.69, 9.17) is 4.74 Å². The van der Waals surface area contributed by atoms with E-state index in [-0.39, 0.29) is 5.56 Å². The second-order valence-corrected chi connectivity index (χ2v) is 8.38. The first-order valence-electron chi connectivity index (χ1n) is 12.3. The molecule has 6 rings (SSSR count). The van der Waals surface area contributed by atoms with Gasteiger partial charge in [0.1, 0.15) is 22.8 Å². The molecule has 1 aliphatic heterocycles. The zero-order valence-electron chi connectivity index (χ0n) is 21.1. The van der Waals surface area contributed by atoms with Gasteiger partial charge in [0.2, 0.25) is 5.95 Å². The molecule has 1 aromatic carbocycles. The van der Waals surface area contributed by atoms with Crippen LogP contribution in [0.25, 0.3) is 22.4 Å². The number of anilines is 1. The summed E-state index contributed by atoms with van der Waals surface area (Å²) in [4.78, 5) is 20.0. The quantitative estimate of drug-likeness (QED) is 0.393. The summed E-state index contributed by atoms with van der Waals surface area (Å²) in [6, 6.07) is 6.12.